The van der Waals surface area contributed by atoms with E-state index in [4.69, 9.17) is 0 Å². The van der Waals surface area contributed by atoms with E-state index >= 15 is 0 Å². The third-order valence-corrected chi connectivity index (χ3v) is 3.38. The van der Waals surface area contributed by atoms with Crippen molar-refractivity contribution in [2.24, 2.45) is 7.05 Å². The first kappa shape index (κ1) is 13.8. The van der Waals surface area contributed by atoms with Crippen molar-refractivity contribution >= 4 is 0 Å². The molecule has 104 valence electrons. The summed E-state index contributed by atoms with van der Waals surface area (Å²) in [6.07, 6.45) is 3.03. The average molecular weight is 261 g/mol. The van der Waals surface area contributed by atoms with Crippen LogP contribution >= 0.6 is 0 Å². The summed E-state index contributed by atoms with van der Waals surface area (Å²) in [4.78, 5) is 0. The van der Waals surface area contributed by atoms with Crippen molar-refractivity contribution in [1.29, 1.82) is 0 Å². The second-order valence-electron chi connectivity index (χ2n) is 4.98. The summed E-state index contributed by atoms with van der Waals surface area (Å²) in [6.45, 7) is 8.98. The molecule has 0 atom stereocenters. The monoisotopic (exact) mass is 261 g/mol. The molecule has 0 aliphatic heterocycles. The molecular weight excluding hydrogens is 238 g/mol. The minimum atomic E-state index is 0.842. The number of aromatic nitrogens is 4. The van der Waals surface area contributed by atoms with Gasteiger partial charge in [0, 0.05) is 37.9 Å². The molecule has 0 amide bonds. The van der Waals surface area contributed by atoms with E-state index in [1.165, 1.54) is 17.0 Å². The summed E-state index contributed by atoms with van der Waals surface area (Å²) in [5.74, 6) is 0. The number of rotatable bonds is 6. The molecule has 0 aliphatic rings. The first-order chi connectivity index (χ1) is 9.11. The molecule has 2 rings (SSSR count). The summed E-state index contributed by atoms with van der Waals surface area (Å²) in [7, 11) is 1.97. The topological polar surface area (TPSA) is 47.7 Å². The fraction of sp³-hybridized carbons (Fsp3) is 0.571. The maximum absolute atomic E-state index is 4.51. The Morgan fingerprint density at radius 3 is 2.68 bits per heavy atom. The van der Waals surface area contributed by atoms with E-state index in [0.717, 1.165) is 31.7 Å². The zero-order valence-electron chi connectivity index (χ0n) is 12.3. The Hall–Kier alpha value is -1.62. The van der Waals surface area contributed by atoms with Crippen LogP contribution in [0.2, 0.25) is 0 Å². The van der Waals surface area contributed by atoms with Crippen molar-refractivity contribution in [3.8, 4) is 0 Å². The fourth-order valence-electron chi connectivity index (χ4n) is 2.19. The molecule has 0 aliphatic carbocycles. The van der Waals surface area contributed by atoms with Gasteiger partial charge in [0.1, 0.15) is 0 Å². The Kier molecular flexibility index (Phi) is 4.37. The van der Waals surface area contributed by atoms with Gasteiger partial charge in [0.2, 0.25) is 0 Å². The van der Waals surface area contributed by atoms with Crippen LogP contribution in [-0.2, 0) is 26.7 Å². The zero-order valence-corrected chi connectivity index (χ0v) is 12.3. The molecular formula is C14H23N5. The summed E-state index contributed by atoms with van der Waals surface area (Å²) in [5.41, 5.74) is 4.80. The molecule has 0 fully saturated rings. The van der Waals surface area contributed by atoms with Gasteiger partial charge in [-0.15, -0.1) is 0 Å². The molecule has 19 heavy (non-hydrogen) atoms. The van der Waals surface area contributed by atoms with E-state index in [9.17, 15) is 0 Å². The van der Waals surface area contributed by atoms with Crippen molar-refractivity contribution in [1.82, 2.24) is 24.9 Å². The molecule has 0 aromatic carbocycles. The number of hydrogen-bond acceptors (Lipinski definition) is 3. The highest BCUT2D eigenvalue weighted by Crippen LogP contribution is 2.07. The molecule has 0 radical (unpaired) electrons. The first-order valence-corrected chi connectivity index (χ1v) is 6.83. The predicted molar refractivity (Wildman–Crippen MR) is 75.7 cm³/mol. The zero-order chi connectivity index (χ0) is 13.8. The van der Waals surface area contributed by atoms with Crippen LogP contribution in [0.3, 0.4) is 0 Å². The van der Waals surface area contributed by atoms with Crippen molar-refractivity contribution in [3.63, 3.8) is 0 Å². The van der Waals surface area contributed by atoms with Crippen molar-refractivity contribution in [3.05, 3.63) is 34.9 Å². The third-order valence-electron chi connectivity index (χ3n) is 3.38. The normalized spacial score (nSPS) is 11.2. The third kappa shape index (κ3) is 3.23. The molecule has 2 aromatic heterocycles. The second-order valence-corrected chi connectivity index (χ2v) is 4.98. The van der Waals surface area contributed by atoms with Gasteiger partial charge in [0.15, 0.2) is 0 Å². The van der Waals surface area contributed by atoms with E-state index in [2.05, 4.69) is 40.1 Å². The molecule has 0 spiro atoms. The minimum Gasteiger partial charge on any atom is -0.307 e. The SMILES string of the molecule is CCCn1nc(C)cc1CNCc1cnn(C)c1C. The minimum absolute atomic E-state index is 0.842. The molecule has 0 saturated carbocycles. The van der Waals surface area contributed by atoms with Crippen LogP contribution in [0.25, 0.3) is 0 Å². The van der Waals surface area contributed by atoms with Gasteiger partial charge in [0.25, 0.3) is 0 Å². The molecule has 0 bridgehead atoms. The maximum atomic E-state index is 4.51. The lowest BCUT2D eigenvalue weighted by Crippen LogP contribution is -2.16. The Labute approximate surface area is 114 Å². The van der Waals surface area contributed by atoms with Crippen molar-refractivity contribution < 1.29 is 0 Å². The van der Waals surface area contributed by atoms with E-state index in [-0.39, 0.29) is 0 Å². The maximum Gasteiger partial charge on any atom is 0.0597 e. The van der Waals surface area contributed by atoms with Crippen LogP contribution in [-0.4, -0.2) is 19.6 Å². The highest BCUT2D eigenvalue weighted by molar-refractivity contribution is 5.16. The summed E-state index contributed by atoms with van der Waals surface area (Å²) in [5, 5.41) is 12.2. The Balaban J connectivity index is 1.94. The van der Waals surface area contributed by atoms with Crippen molar-refractivity contribution in [2.75, 3.05) is 0 Å². The lowest BCUT2D eigenvalue weighted by Gasteiger charge is -2.07. The lowest BCUT2D eigenvalue weighted by atomic mass is 10.2. The Morgan fingerprint density at radius 2 is 2.05 bits per heavy atom. The molecule has 5 nitrogen and oxygen atoms in total. The molecule has 0 unspecified atom stereocenters. The molecule has 2 aromatic rings. The van der Waals surface area contributed by atoms with Gasteiger partial charge in [0.05, 0.1) is 17.6 Å². The lowest BCUT2D eigenvalue weighted by molar-refractivity contribution is 0.547. The smallest absolute Gasteiger partial charge is 0.0597 e. The number of hydrogen-bond donors (Lipinski definition) is 1. The van der Waals surface area contributed by atoms with Crippen LogP contribution < -0.4 is 5.32 Å². The summed E-state index contributed by atoms with van der Waals surface area (Å²) in [6, 6.07) is 2.15. The highest BCUT2D eigenvalue weighted by atomic mass is 15.3. The largest absolute Gasteiger partial charge is 0.307 e. The van der Waals surface area contributed by atoms with Gasteiger partial charge in [-0.1, -0.05) is 6.92 Å². The first-order valence-electron chi connectivity index (χ1n) is 6.83. The van der Waals surface area contributed by atoms with Gasteiger partial charge in [-0.2, -0.15) is 10.2 Å². The highest BCUT2D eigenvalue weighted by Gasteiger charge is 2.06. The fourth-order valence-corrected chi connectivity index (χ4v) is 2.19. The van der Waals surface area contributed by atoms with Gasteiger partial charge >= 0.3 is 0 Å². The number of aryl methyl sites for hydroxylation is 3. The summed E-state index contributed by atoms with van der Waals surface area (Å²) < 4.78 is 4.00. The van der Waals surface area contributed by atoms with Crippen molar-refractivity contribution in [2.45, 2.75) is 46.8 Å². The van der Waals surface area contributed by atoms with Crippen LogP contribution in [0.5, 0.6) is 0 Å². The quantitative estimate of drug-likeness (QED) is 0.864. The molecule has 1 N–H and O–H groups in total. The van der Waals surface area contributed by atoms with E-state index in [1.54, 1.807) is 0 Å². The van der Waals surface area contributed by atoms with Crippen LogP contribution in [0.1, 0.15) is 36.0 Å². The van der Waals surface area contributed by atoms with Crippen LogP contribution in [0.4, 0.5) is 0 Å². The van der Waals surface area contributed by atoms with Gasteiger partial charge in [-0.05, 0) is 26.3 Å². The Morgan fingerprint density at radius 1 is 1.26 bits per heavy atom. The molecule has 0 saturated heterocycles. The molecule has 2 heterocycles. The predicted octanol–water partition coefficient (Wildman–Crippen LogP) is 1.93. The standard InChI is InChI=1S/C14H23N5/c1-5-6-19-14(7-11(2)17-19)10-15-8-13-9-16-18(4)12(13)3/h7,9,15H,5-6,8,10H2,1-4H3. The van der Waals surface area contributed by atoms with Gasteiger partial charge in [-0.3, -0.25) is 9.36 Å². The summed E-state index contributed by atoms with van der Waals surface area (Å²) >= 11 is 0. The van der Waals surface area contributed by atoms with Gasteiger partial charge < -0.3 is 5.32 Å². The van der Waals surface area contributed by atoms with E-state index in [1.807, 2.05) is 24.9 Å². The average Bonchev–Trinajstić information content (AvgIpc) is 2.87. The second kappa shape index (κ2) is 6.02. The van der Waals surface area contributed by atoms with Crippen LogP contribution in [0.15, 0.2) is 12.3 Å². The van der Waals surface area contributed by atoms with Gasteiger partial charge in [-0.25, -0.2) is 0 Å². The number of nitrogens with zero attached hydrogens (tertiary/aromatic N) is 4. The number of nitrogens with one attached hydrogen (secondary N) is 1. The van der Waals surface area contributed by atoms with Crippen LogP contribution in [0, 0.1) is 13.8 Å². The van der Waals surface area contributed by atoms with E-state index < -0.39 is 0 Å². The molecule has 5 heteroatoms. The Bertz CT molecular complexity index is 538. The van der Waals surface area contributed by atoms with E-state index in [0.29, 0.717) is 0 Å².